The quantitative estimate of drug-likeness (QED) is 0.665. The highest BCUT2D eigenvalue weighted by atomic mass is 16.2. The molecule has 3 aliphatic carbocycles. The highest BCUT2D eigenvalue weighted by Gasteiger charge is 2.59. The van der Waals surface area contributed by atoms with Gasteiger partial charge in [0.2, 0.25) is 17.7 Å². The van der Waals surface area contributed by atoms with Gasteiger partial charge in [-0.2, -0.15) is 0 Å². The van der Waals surface area contributed by atoms with Crippen LogP contribution in [-0.4, -0.2) is 35.7 Å². The molecule has 25 heavy (non-hydrogen) atoms. The minimum absolute atomic E-state index is 0.140. The van der Waals surface area contributed by atoms with E-state index < -0.39 is 0 Å². The number of carbonyl (C=O) groups excluding carboxylic acids is 3. The molecule has 5 atom stereocenters. The van der Waals surface area contributed by atoms with Crippen LogP contribution >= 0.6 is 0 Å². The number of fused-ring (bicyclic) bond motifs is 6. The van der Waals surface area contributed by atoms with Gasteiger partial charge in [-0.15, -0.1) is 0 Å². The van der Waals surface area contributed by atoms with Crippen molar-refractivity contribution in [3.8, 4) is 0 Å². The van der Waals surface area contributed by atoms with Crippen LogP contribution in [0.1, 0.15) is 23.5 Å². The van der Waals surface area contributed by atoms with Crippen molar-refractivity contribution in [1.29, 1.82) is 0 Å². The minimum Gasteiger partial charge on any atom is -0.354 e. The molecule has 128 valence electrons. The van der Waals surface area contributed by atoms with Crippen molar-refractivity contribution < 1.29 is 14.4 Å². The van der Waals surface area contributed by atoms with Crippen LogP contribution in [0.5, 0.6) is 0 Å². The number of nitrogens with zero attached hydrogens (tertiary/aromatic N) is 1. The number of nitrogens with one attached hydrogen (secondary N) is 1. The van der Waals surface area contributed by atoms with Crippen LogP contribution in [0.2, 0.25) is 0 Å². The number of imide groups is 1. The van der Waals surface area contributed by atoms with Crippen molar-refractivity contribution in [1.82, 2.24) is 10.2 Å². The van der Waals surface area contributed by atoms with Crippen molar-refractivity contribution >= 4 is 17.7 Å². The van der Waals surface area contributed by atoms with E-state index in [0.717, 1.165) is 12.8 Å². The lowest BCUT2D eigenvalue weighted by Gasteiger charge is -2.30. The topological polar surface area (TPSA) is 66.5 Å². The van der Waals surface area contributed by atoms with E-state index in [0.29, 0.717) is 12.5 Å². The molecule has 5 heteroatoms. The molecule has 1 saturated heterocycles. The fourth-order valence-corrected chi connectivity index (χ4v) is 5.10. The Morgan fingerprint density at radius 1 is 1.08 bits per heavy atom. The third-order valence-electron chi connectivity index (χ3n) is 6.37. The Kier molecular flexibility index (Phi) is 3.14. The van der Waals surface area contributed by atoms with Crippen LogP contribution in [-0.2, 0) is 20.8 Å². The van der Waals surface area contributed by atoms with E-state index in [1.165, 1.54) is 16.0 Å². The van der Waals surface area contributed by atoms with E-state index in [9.17, 15) is 14.4 Å². The Labute approximate surface area is 146 Å². The summed E-state index contributed by atoms with van der Waals surface area (Å²) >= 11 is 0. The van der Waals surface area contributed by atoms with E-state index in [2.05, 4.69) is 29.6 Å². The Hall–Kier alpha value is -2.43. The number of likely N-dealkylation sites (tertiary alicyclic amines) is 1. The van der Waals surface area contributed by atoms with Crippen molar-refractivity contribution in [2.75, 3.05) is 13.1 Å². The molecule has 5 rings (SSSR count). The summed E-state index contributed by atoms with van der Waals surface area (Å²) in [4.78, 5) is 38.6. The fourth-order valence-electron chi connectivity index (χ4n) is 5.10. The number of carbonyl (C=O) groups is 3. The number of amides is 3. The molecule has 0 aromatic heterocycles. The van der Waals surface area contributed by atoms with E-state index >= 15 is 0 Å². The summed E-state index contributed by atoms with van der Waals surface area (Å²) in [6, 6.07) is 8.23. The maximum atomic E-state index is 12.6. The molecule has 3 amide bonds. The third kappa shape index (κ3) is 2.11. The summed E-state index contributed by atoms with van der Waals surface area (Å²) in [5.74, 6) is -0.303. The zero-order chi connectivity index (χ0) is 17.1. The SMILES string of the molecule is O=C(CN1C(=O)[C@@H]2[C@H](C1=O)[C@H]1C=C[C@H]2C1)NC[C@@H]1Cc2ccccc21. The van der Waals surface area contributed by atoms with Gasteiger partial charge in [0, 0.05) is 12.5 Å². The molecule has 5 nitrogen and oxygen atoms in total. The van der Waals surface area contributed by atoms with Gasteiger partial charge >= 0.3 is 0 Å². The van der Waals surface area contributed by atoms with Gasteiger partial charge in [-0.25, -0.2) is 0 Å². The van der Waals surface area contributed by atoms with Gasteiger partial charge in [-0.1, -0.05) is 36.4 Å². The maximum absolute atomic E-state index is 12.6. The van der Waals surface area contributed by atoms with E-state index in [1.807, 2.05) is 12.1 Å². The second-order valence-corrected chi connectivity index (χ2v) is 7.67. The van der Waals surface area contributed by atoms with Gasteiger partial charge in [0.1, 0.15) is 6.54 Å². The van der Waals surface area contributed by atoms with Crippen molar-refractivity contribution in [3.63, 3.8) is 0 Å². The highest BCUT2D eigenvalue weighted by Crippen LogP contribution is 2.52. The first-order chi connectivity index (χ1) is 12.1. The van der Waals surface area contributed by atoms with Crippen molar-refractivity contribution in [2.24, 2.45) is 23.7 Å². The molecule has 0 radical (unpaired) electrons. The van der Waals surface area contributed by atoms with Gasteiger partial charge in [-0.05, 0) is 35.8 Å². The second kappa shape index (κ2) is 5.28. The molecule has 1 aromatic rings. The molecule has 0 unspecified atom stereocenters. The first-order valence-corrected chi connectivity index (χ1v) is 9.01. The summed E-state index contributed by atoms with van der Waals surface area (Å²) in [6.45, 7) is 0.421. The molecule has 4 aliphatic rings. The molecule has 2 fully saturated rings. The predicted octanol–water partition coefficient (Wildman–Crippen LogP) is 1.25. The largest absolute Gasteiger partial charge is 0.354 e. The summed E-state index contributed by atoms with van der Waals surface area (Å²) in [5.41, 5.74) is 2.62. The van der Waals surface area contributed by atoms with Gasteiger partial charge in [0.05, 0.1) is 11.8 Å². The average Bonchev–Trinajstić information content (AvgIpc) is 3.26. The first-order valence-electron chi connectivity index (χ1n) is 9.01. The lowest BCUT2D eigenvalue weighted by Crippen LogP contribution is -2.43. The summed E-state index contributed by atoms with van der Waals surface area (Å²) in [6.07, 6.45) is 6.01. The molecule has 0 spiro atoms. The standard InChI is InChI=1S/C20H20N2O3/c23-16(21-9-14-7-11-3-1-2-4-15(11)14)10-22-19(24)17-12-5-6-13(8-12)18(17)20(22)25/h1-6,12-14,17-18H,7-10H2,(H,21,23)/t12-,13-,14-,17-,18+/m0/s1. The smallest absolute Gasteiger partial charge is 0.240 e. The second-order valence-electron chi connectivity index (χ2n) is 7.67. The van der Waals surface area contributed by atoms with Crippen LogP contribution in [0.4, 0.5) is 0 Å². The molecule has 2 bridgehead atoms. The van der Waals surface area contributed by atoms with Crippen LogP contribution in [0.3, 0.4) is 0 Å². The average molecular weight is 336 g/mol. The normalized spacial score (nSPS) is 34.1. The first kappa shape index (κ1) is 14.9. The van der Waals surface area contributed by atoms with Crippen LogP contribution in [0, 0.1) is 23.7 Å². The Bertz CT molecular complexity index is 785. The number of hydrogen-bond acceptors (Lipinski definition) is 3. The monoisotopic (exact) mass is 336 g/mol. The number of hydrogen-bond donors (Lipinski definition) is 1. The number of benzene rings is 1. The molecule has 1 heterocycles. The number of rotatable bonds is 4. The van der Waals surface area contributed by atoms with Crippen LogP contribution < -0.4 is 5.32 Å². The summed E-state index contributed by atoms with van der Waals surface area (Å²) in [7, 11) is 0. The van der Waals surface area contributed by atoms with Gasteiger partial charge in [0.25, 0.3) is 0 Å². The van der Waals surface area contributed by atoms with Crippen LogP contribution in [0.25, 0.3) is 0 Å². The van der Waals surface area contributed by atoms with E-state index in [1.54, 1.807) is 0 Å². The zero-order valence-corrected chi connectivity index (χ0v) is 13.9. The number of allylic oxidation sites excluding steroid dienone is 2. The Morgan fingerprint density at radius 2 is 1.76 bits per heavy atom. The Morgan fingerprint density at radius 3 is 2.44 bits per heavy atom. The molecule has 1 aliphatic heterocycles. The molecular weight excluding hydrogens is 316 g/mol. The lowest BCUT2D eigenvalue weighted by atomic mass is 9.77. The van der Waals surface area contributed by atoms with Crippen LogP contribution in [0.15, 0.2) is 36.4 Å². The molecular formula is C20H20N2O3. The minimum atomic E-state index is -0.244. The van der Waals surface area contributed by atoms with Gasteiger partial charge in [-0.3, -0.25) is 19.3 Å². The molecule has 1 N–H and O–H groups in total. The molecule has 1 saturated carbocycles. The van der Waals surface area contributed by atoms with Crippen molar-refractivity contribution in [2.45, 2.75) is 18.8 Å². The van der Waals surface area contributed by atoms with Gasteiger partial charge in [0.15, 0.2) is 0 Å². The molecule has 1 aromatic carbocycles. The zero-order valence-electron chi connectivity index (χ0n) is 13.9. The predicted molar refractivity (Wildman–Crippen MR) is 90.3 cm³/mol. The summed E-state index contributed by atoms with van der Waals surface area (Å²) < 4.78 is 0. The van der Waals surface area contributed by atoms with E-state index in [-0.39, 0.29) is 47.9 Å². The third-order valence-corrected chi connectivity index (χ3v) is 6.37. The van der Waals surface area contributed by atoms with Gasteiger partial charge < -0.3 is 5.32 Å². The lowest BCUT2D eigenvalue weighted by molar-refractivity contribution is -0.144. The maximum Gasteiger partial charge on any atom is 0.240 e. The van der Waals surface area contributed by atoms with E-state index in [4.69, 9.17) is 0 Å². The highest BCUT2D eigenvalue weighted by molar-refractivity contribution is 6.08. The summed E-state index contributed by atoms with van der Waals surface area (Å²) in [5, 5.41) is 2.90. The Balaban J connectivity index is 1.20. The fraction of sp³-hybridized carbons (Fsp3) is 0.450. The van der Waals surface area contributed by atoms with Crippen molar-refractivity contribution in [3.05, 3.63) is 47.5 Å².